The first-order chi connectivity index (χ1) is 11.8. The first-order valence-electron chi connectivity index (χ1n) is 8.51. The van der Waals surface area contributed by atoms with Crippen LogP contribution >= 0.6 is 0 Å². The summed E-state index contributed by atoms with van der Waals surface area (Å²) < 4.78 is 32.4. The number of benzene rings is 1. The maximum atomic E-state index is 12.2. The molecular formula is C17H27N3O4S. The number of carbonyl (C=O) groups excluding carboxylic acids is 1. The van der Waals surface area contributed by atoms with Crippen molar-refractivity contribution < 1.29 is 17.9 Å². The highest BCUT2D eigenvalue weighted by atomic mass is 32.2. The van der Waals surface area contributed by atoms with E-state index in [9.17, 15) is 13.2 Å². The van der Waals surface area contributed by atoms with Gasteiger partial charge in [0, 0.05) is 24.8 Å². The van der Waals surface area contributed by atoms with Crippen molar-refractivity contribution in [1.29, 1.82) is 0 Å². The number of carbonyl (C=O) groups is 1. The maximum Gasteiger partial charge on any atom is 0.241 e. The molecule has 0 radical (unpaired) electrons. The van der Waals surface area contributed by atoms with Gasteiger partial charge < -0.3 is 15.0 Å². The van der Waals surface area contributed by atoms with Crippen LogP contribution in [0, 0.1) is 0 Å². The second-order valence-electron chi connectivity index (χ2n) is 6.50. The number of hydrogen-bond donors (Lipinski definition) is 2. The molecule has 0 spiro atoms. The van der Waals surface area contributed by atoms with Crippen LogP contribution in [0.2, 0.25) is 0 Å². The number of ether oxygens (including phenoxy) is 1. The molecule has 2 rings (SSSR count). The molecule has 2 N–H and O–H groups in total. The predicted molar refractivity (Wildman–Crippen MR) is 98.3 cm³/mol. The predicted octanol–water partition coefficient (Wildman–Crippen LogP) is 1.43. The lowest BCUT2D eigenvalue weighted by atomic mass is 10.1. The van der Waals surface area contributed by atoms with Gasteiger partial charge in [0.2, 0.25) is 15.9 Å². The largest absolute Gasteiger partial charge is 0.491 e. The minimum Gasteiger partial charge on any atom is -0.491 e. The Bertz CT molecular complexity index is 666. The SMILES string of the molecule is CNC1CCN(C(=O)CS(=O)(=O)Nc2ccc(OC(C)C)cc2)CC1. The molecule has 25 heavy (non-hydrogen) atoms. The third-order valence-electron chi connectivity index (χ3n) is 4.07. The van der Waals surface area contributed by atoms with Gasteiger partial charge in [-0.25, -0.2) is 8.42 Å². The lowest BCUT2D eigenvalue weighted by Gasteiger charge is -2.31. The Morgan fingerprint density at radius 2 is 1.84 bits per heavy atom. The van der Waals surface area contributed by atoms with E-state index in [1.807, 2.05) is 20.9 Å². The molecule has 0 saturated carbocycles. The second kappa shape index (κ2) is 8.53. The Labute approximate surface area is 149 Å². The zero-order chi connectivity index (χ0) is 18.4. The quantitative estimate of drug-likeness (QED) is 0.759. The number of nitrogens with zero attached hydrogens (tertiary/aromatic N) is 1. The molecule has 140 valence electrons. The fraction of sp³-hybridized carbons (Fsp3) is 0.588. The summed E-state index contributed by atoms with van der Waals surface area (Å²) in [6, 6.07) is 7.03. The van der Waals surface area contributed by atoms with Crippen molar-refractivity contribution in [2.75, 3.05) is 30.6 Å². The Kier molecular flexibility index (Phi) is 6.66. The molecule has 8 heteroatoms. The molecule has 1 fully saturated rings. The third-order valence-corrected chi connectivity index (χ3v) is 5.24. The average Bonchev–Trinajstić information content (AvgIpc) is 2.55. The summed E-state index contributed by atoms with van der Waals surface area (Å²) in [6.07, 6.45) is 1.73. The molecule has 1 heterocycles. The van der Waals surface area contributed by atoms with Crippen LogP contribution in [-0.4, -0.2) is 57.3 Å². The summed E-state index contributed by atoms with van der Waals surface area (Å²) in [4.78, 5) is 13.9. The number of sulfonamides is 1. The van der Waals surface area contributed by atoms with Gasteiger partial charge in [0.25, 0.3) is 0 Å². The van der Waals surface area contributed by atoms with Crippen molar-refractivity contribution in [3.05, 3.63) is 24.3 Å². The molecule has 0 unspecified atom stereocenters. The van der Waals surface area contributed by atoms with Crippen LogP contribution in [0.5, 0.6) is 5.75 Å². The van der Waals surface area contributed by atoms with Gasteiger partial charge in [-0.2, -0.15) is 0 Å². The van der Waals surface area contributed by atoms with Gasteiger partial charge in [-0.05, 0) is 58.0 Å². The fourth-order valence-electron chi connectivity index (χ4n) is 2.76. The van der Waals surface area contributed by atoms with Crippen LogP contribution in [0.3, 0.4) is 0 Å². The standard InChI is InChI=1S/C17H27N3O4S/c1-13(2)24-16-6-4-15(5-7-16)19-25(22,23)12-17(21)20-10-8-14(18-3)9-11-20/h4-7,13-14,18-19H,8-12H2,1-3H3. The maximum absolute atomic E-state index is 12.2. The molecule has 0 atom stereocenters. The summed E-state index contributed by atoms with van der Waals surface area (Å²) in [5.41, 5.74) is 0.415. The van der Waals surface area contributed by atoms with E-state index in [4.69, 9.17) is 4.74 Å². The topological polar surface area (TPSA) is 87.7 Å². The van der Waals surface area contributed by atoms with Gasteiger partial charge in [-0.15, -0.1) is 0 Å². The Morgan fingerprint density at radius 3 is 2.36 bits per heavy atom. The van der Waals surface area contributed by atoms with Crippen molar-refractivity contribution in [3.63, 3.8) is 0 Å². The van der Waals surface area contributed by atoms with Gasteiger partial charge in [0.05, 0.1) is 6.10 Å². The van der Waals surface area contributed by atoms with Crippen LogP contribution in [0.25, 0.3) is 0 Å². The number of piperidine rings is 1. The first-order valence-corrected chi connectivity index (χ1v) is 10.2. The monoisotopic (exact) mass is 369 g/mol. The van der Waals surface area contributed by atoms with Crippen LogP contribution in [0.15, 0.2) is 24.3 Å². The fourth-order valence-corrected chi connectivity index (χ4v) is 3.84. The van der Waals surface area contributed by atoms with Gasteiger partial charge in [-0.3, -0.25) is 9.52 Å². The van der Waals surface area contributed by atoms with Gasteiger partial charge in [0.1, 0.15) is 11.5 Å². The second-order valence-corrected chi connectivity index (χ2v) is 8.22. The third kappa shape index (κ3) is 6.21. The zero-order valence-corrected chi connectivity index (χ0v) is 15.8. The minimum absolute atomic E-state index is 0.0483. The number of rotatable bonds is 7. The summed E-state index contributed by atoms with van der Waals surface area (Å²) in [7, 11) is -1.84. The van der Waals surface area contributed by atoms with Crippen molar-refractivity contribution in [2.45, 2.75) is 38.8 Å². The van der Waals surface area contributed by atoms with Crippen LogP contribution in [0.1, 0.15) is 26.7 Å². The minimum atomic E-state index is -3.74. The Hall–Kier alpha value is -1.80. The molecule has 1 aliphatic heterocycles. The number of likely N-dealkylation sites (tertiary alicyclic amines) is 1. The van der Waals surface area contributed by atoms with Gasteiger partial charge in [-0.1, -0.05) is 0 Å². The molecule has 0 aromatic heterocycles. The van der Waals surface area contributed by atoms with Crippen molar-refractivity contribution in [1.82, 2.24) is 10.2 Å². The summed E-state index contributed by atoms with van der Waals surface area (Å²) in [5.74, 6) is -0.232. The van der Waals surface area contributed by atoms with Crippen molar-refractivity contribution in [2.24, 2.45) is 0 Å². The van der Waals surface area contributed by atoms with Crippen LogP contribution in [0.4, 0.5) is 5.69 Å². The summed E-state index contributed by atoms with van der Waals surface area (Å²) >= 11 is 0. The molecule has 1 saturated heterocycles. The molecule has 1 aromatic rings. The van der Waals surface area contributed by atoms with E-state index in [0.717, 1.165) is 12.8 Å². The van der Waals surface area contributed by atoms with E-state index in [1.165, 1.54) is 0 Å². The van der Waals surface area contributed by atoms with E-state index < -0.39 is 15.8 Å². The smallest absolute Gasteiger partial charge is 0.241 e. The lowest BCUT2D eigenvalue weighted by molar-refractivity contribution is -0.129. The molecular weight excluding hydrogens is 342 g/mol. The summed E-state index contributed by atoms with van der Waals surface area (Å²) in [5, 5.41) is 3.18. The van der Waals surface area contributed by atoms with Gasteiger partial charge >= 0.3 is 0 Å². The molecule has 0 bridgehead atoms. The van der Waals surface area contributed by atoms with Crippen molar-refractivity contribution >= 4 is 21.6 Å². The molecule has 1 amide bonds. The number of amides is 1. The van der Waals surface area contributed by atoms with Crippen LogP contribution in [-0.2, 0) is 14.8 Å². The molecule has 1 aromatic carbocycles. The van der Waals surface area contributed by atoms with E-state index >= 15 is 0 Å². The molecule has 7 nitrogen and oxygen atoms in total. The molecule has 1 aliphatic rings. The van der Waals surface area contributed by atoms with E-state index in [-0.39, 0.29) is 12.0 Å². The van der Waals surface area contributed by atoms with E-state index in [1.54, 1.807) is 29.2 Å². The highest BCUT2D eigenvalue weighted by molar-refractivity contribution is 7.93. The molecule has 0 aliphatic carbocycles. The van der Waals surface area contributed by atoms with E-state index in [2.05, 4.69) is 10.0 Å². The van der Waals surface area contributed by atoms with Crippen molar-refractivity contribution in [3.8, 4) is 5.75 Å². The normalized spacial score (nSPS) is 16.1. The first kappa shape index (κ1) is 19.5. The highest BCUT2D eigenvalue weighted by Crippen LogP contribution is 2.18. The number of hydrogen-bond acceptors (Lipinski definition) is 5. The lowest BCUT2D eigenvalue weighted by Crippen LogP contribution is -2.46. The van der Waals surface area contributed by atoms with Gasteiger partial charge in [0.15, 0.2) is 0 Å². The van der Waals surface area contributed by atoms with Crippen LogP contribution < -0.4 is 14.8 Å². The zero-order valence-electron chi connectivity index (χ0n) is 15.0. The Balaban J connectivity index is 1.89. The van der Waals surface area contributed by atoms with E-state index in [0.29, 0.717) is 30.6 Å². The number of anilines is 1. The number of nitrogens with one attached hydrogen (secondary N) is 2. The average molecular weight is 369 g/mol. The summed E-state index contributed by atoms with van der Waals surface area (Å²) in [6.45, 7) is 5.01. The Morgan fingerprint density at radius 1 is 1.24 bits per heavy atom. The highest BCUT2D eigenvalue weighted by Gasteiger charge is 2.25.